The topological polar surface area (TPSA) is 37.9 Å². The monoisotopic (exact) mass is 402 g/mol. The number of nitrogens with zero attached hydrogens (tertiary/aromatic N) is 1. The zero-order valence-electron chi connectivity index (χ0n) is 10.5. The van der Waals surface area contributed by atoms with E-state index in [9.17, 15) is 0 Å². The van der Waals surface area contributed by atoms with E-state index in [1.807, 2.05) is 25.1 Å². The number of rotatable bonds is 3. The molecule has 1 N–H and O–H groups in total. The van der Waals surface area contributed by atoms with Crippen molar-refractivity contribution in [2.75, 3.05) is 7.11 Å². The van der Waals surface area contributed by atoms with Gasteiger partial charge in [0.1, 0.15) is 10.5 Å². The van der Waals surface area contributed by atoms with Crippen molar-refractivity contribution in [3.63, 3.8) is 0 Å². The molecule has 0 bridgehead atoms. The summed E-state index contributed by atoms with van der Waals surface area (Å²) in [4.78, 5) is 7.64. The zero-order chi connectivity index (χ0) is 14.0. The van der Waals surface area contributed by atoms with Crippen LogP contribution in [-0.2, 0) is 11.3 Å². The molecule has 0 unspecified atom stereocenters. The molecule has 6 heteroatoms. The summed E-state index contributed by atoms with van der Waals surface area (Å²) >= 11 is 12.2. The maximum absolute atomic E-state index is 5.26. The molecular weight excluding hydrogens is 392 g/mol. The van der Waals surface area contributed by atoms with Gasteiger partial charge in [-0.1, -0.05) is 40.3 Å². The summed E-state index contributed by atoms with van der Waals surface area (Å²) in [5.41, 5.74) is 3.04. The fourth-order valence-electron chi connectivity index (χ4n) is 1.63. The molecule has 0 spiro atoms. The fourth-order valence-corrected chi connectivity index (χ4v) is 2.52. The first kappa shape index (κ1) is 14.8. The van der Waals surface area contributed by atoms with Gasteiger partial charge < -0.3 is 9.72 Å². The Bertz CT molecular complexity index is 670. The van der Waals surface area contributed by atoms with Crippen LogP contribution in [0.25, 0.3) is 11.4 Å². The van der Waals surface area contributed by atoms with Gasteiger partial charge >= 0.3 is 0 Å². The van der Waals surface area contributed by atoms with E-state index in [-0.39, 0.29) is 0 Å². The second-order valence-corrected chi connectivity index (χ2v) is 6.11. The van der Waals surface area contributed by atoms with E-state index in [1.165, 1.54) is 5.56 Å². The predicted molar refractivity (Wildman–Crippen MR) is 85.7 cm³/mol. The van der Waals surface area contributed by atoms with E-state index in [4.69, 9.17) is 17.0 Å². The van der Waals surface area contributed by atoms with E-state index in [0.29, 0.717) is 11.2 Å². The highest BCUT2D eigenvalue weighted by molar-refractivity contribution is 9.10. The Labute approximate surface area is 133 Å². The van der Waals surface area contributed by atoms with Gasteiger partial charge in [-0.05, 0) is 34.5 Å². The number of benzene rings is 1. The number of aromatic amines is 1. The number of H-pyrrole nitrogens is 1. The SMILES string of the molecule is COCc1[nH]c(-c2ccc(C)c(Br)c2)nc(=S)c1Br. The van der Waals surface area contributed by atoms with E-state index in [0.717, 1.165) is 26.0 Å². The minimum atomic E-state index is 0.451. The van der Waals surface area contributed by atoms with E-state index in [2.05, 4.69) is 41.8 Å². The Hall–Kier alpha value is -0.560. The average Bonchev–Trinajstić information content (AvgIpc) is 2.38. The molecule has 100 valence electrons. The standard InChI is InChI=1S/C13H12Br2N2OS/c1-7-3-4-8(5-9(7)14)12-16-10(6-18-2)11(15)13(19)17-12/h3-5H,6H2,1-2H3,(H,16,17,19). The molecule has 0 fully saturated rings. The van der Waals surface area contributed by atoms with Gasteiger partial charge in [0.2, 0.25) is 0 Å². The number of nitrogens with one attached hydrogen (secondary N) is 1. The molecule has 2 aromatic rings. The van der Waals surface area contributed by atoms with Gasteiger partial charge in [-0.25, -0.2) is 4.98 Å². The van der Waals surface area contributed by atoms with Crippen LogP contribution in [0.4, 0.5) is 0 Å². The lowest BCUT2D eigenvalue weighted by atomic mass is 10.1. The first-order chi connectivity index (χ1) is 9.02. The van der Waals surface area contributed by atoms with Gasteiger partial charge in [0.25, 0.3) is 0 Å². The molecule has 0 radical (unpaired) electrons. The lowest BCUT2D eigenvalue weighted by molar-refractivity contribution is 0.181. The molecule has 0 aliphatic rings. The Kier molecular flexibility index (Phi) is 4.89. The number of hydrogen-bond donors (Lipinski definition) is 1. The second-order valence-electron chi connectivity index (χ2n) is 4.08. The van der Waals surface area contributed by atoms with Gasteiger partial charge in [0.15, 0.2) is 0 Å². The lowest BCUT2D eigenvalue weighted by Gasteiger charge is -2.09. The number of aryl methyl sites for hydroxylation is 1. The number of ether oxygens (including phenoxy) is 1. The highest BCUT2D eigenvalue weighted by atomic mass is 79.9. The number of halogens is 2. The molecule has 0 aliphatic carbocycles. The van der Waals surface area contributed by atoms with Gasteiger partial charge in [-0.2, -0.15) is 0 Å². The van der Waals surface area contributed by atoms with E-state index in [1.54, 1.807) is 7.11 Å². The van der Waals surface area contributed by atoms with E-state index < -0.39 is 0 Å². The smallest absolute Gasteiger partial charge is 0.144 e. The average molecular weight is 404 g/mol. The summed E-state index contributed by atoms with van der Waals surface area (Å²) in [5, 5.41) is 0. The highest BCUT2D eigenvalue weighted by Crippen LogP contribution is 2.25. The molecule has 3 nitrogen and oxygen atoms in total. The highest BCUT2D eigenvalue weighted by Gasteiger charge is 2.08. The summed E-state index contributed by atoms with van der Waals surface area (Å²) in [7, 11) is 1.64. The van der Waals surface area contributed by atoms with Crippen molar-refractivity contribution in [2.45, 2.75) is 13.5 Å². The van der Waals surface area contributed by atoms with Gasteiger partial charge in [-0.3, -0.25) is 0 Å². The third-order valence-corrected chi connectivity index (χ3v) is 4.94. The Morgan fingerprint density at radius 1 is 1.37 bits per heavy atom. The van der Waals surface area contributed by atoms with Crippen LogP contribution in [0.2, 0.25) is 0 Å². The van der Waals surface area contributed by atoms with Crippen LogP contribution in [0.15, 0.2) is 27.1 Å². The Morgan fingerprint density at radius 3 is 2.74 bits per heavy atom. The van der Waals surface area contributed by atoms with Crippen LogP contribution in [0.1, 0.15) is 11.3 Å². The van der Waals surface area contributed by atoms with Crippen LogP contribution in [0.3, 0.4) is 0 Å². The second kappa shape index (κ2) is 6.26. The maximum atomic E-state index is 5.26. The zero-order valence-corrected chi connectivity index (χ0v) is 14.4. The molecule has 1 heterocycles. The normalized spacial score (nSPS) is 10.7. The predicted octanol–water partition coefficient (Wildman–Crippen LogP) is 4.79. The van der Waals surface area contributed by atoms with Gasteiger partial charge in [0.05, 0.1) is 16.8 Å². The summed E-state index contributed by atoms with van der Waals surface area (Å²) in [6, 6.07) is 6.07. The summed E-state index contributed by atoms with van der Waals surface area (Å²) < 4.78 is 7.50. The van der Waals surface area contributed by atoms with E-state index >= 15 is 0 Å². The third-order valence-electron chi connectivity index (χ3n) is 2.67. The van der Waals surface area contributed by atoms with Crippen LogP contribution in [0.5, 0.6) is 0 Å². The minimum absolute atomic E-state index is 0.451. The van der Waals surface area contributed by atoms with Crippen LogP contribution < -0.4 is 0 Å². The fraction of sp³-hybridized carbons (Fsp3) is 0.231. The molecule has 0 atom stereocenters. The molecule has 1 aromatic carbocycles. The van der Waals surface area contributed by atoms with Crippen LogP contribution >= 0.6 is 44.1 Å². The molecular formula is C13H12Br2N2OS. The summed E-state index contributed by atoms with van der Waals surface area (Å²) in [6.07, 6.45) is 0. The molecule has 19 heavy (non-hydrogen) atoms. The third kappa shape index (κ3) is 3.31. The van der Waals surface area contributed by atoms with Gasteiger partial charge in [0, 0.05) is 17.1 Å². The Balaban J connectivity index is 2.56. The molecule has 1 aromatic heterocycles. The van der Waals surface area contributed by atoms with Crippen molar-refractivity contribution in [3.05, 3.63) is 43.0 Å². The largest absolute Gasteiger partial charge is 0.378 e. The maximum Gasteiger partial charge on any atom is 0.144 e. The summed E-state index contributed by atoms with van der Waals surface area (Å²) in [6.45, 7) is 2.49. The number of hydrogen-bond acceptors (Lipinski definition) is 3. The number of methoxy groups -OCH3 is 1. The number of aromatic nitrogens is 2. The molecule has 0 amide bonds. The van der Waals surface area contributed by atoms with Crippen molar-refractivity contribution in [2.24, 2.45) is 0 Å². The van der Waals surface area contributed by atoms with Crippen molar-refractivity contribution >= 4 is 44.1 Å². The van der Waals surface area contributed by atoms with Gasteiger partial charge in [-0.15, -0.1) is 0 Å². The van der Waals surface area contributed by atoms with Crippen molar-refractivity contribution in [1.29, 1.82) is 0 Å². The van der Waals surface area contributed by atoms with Crippen molar-refractivity contribution in [3.8, 4) is 11.4 Å². The Morgan fingerprint density at radius 2 is 2.11 bits per heavy atom. The molecule has 2 rings (SSSR count). The minimum Gasteiger partial charge on any atom is -0.378 e. The quantitative estimate of drug-likeness (QED) is 0.749. The molecule has 0 saturated heterocycles. The molecule has 0 saturated carbocycles. The first-order valence-corrected chi connectivity index (χ1v) is 7.56. The van der Waals surface area contributed by atoms with Crippen molar-refractivity contribution in [1.82, 2.24) is 9.97 Å². The van der Waals surface area contributed by atoms with Crippen molar-refractivity contribution < 1.29 is 4.74 Å². The summed E-state index contributed by atoms with van der Waals surface area (Å²) in [5.74, 6) is 0.737. The lowest BCUT2D eigenvalue weighted by Crippen LogP contribution is -2.00. The van der Waals surface area contributed by atoms with Crippen LogP contribution in [-0.4, -0.2) is 17.1 Å². The molecule has 0 aliphatic heterocycles. The first-order valence-electron chi connectivity index (χ1n) is 5.57. The van der Waals surface area contributed by atoms with Crippen LogP contribution in [0, 0.1) is 11.6 Å².